The summed E-state index contributed by atoms with van der Waals surface area (Å²) in [6.45, 7) is 0. The molecule has 0 aliphatic carbocycles. The van der Waals surface area contributed by atoms with Gasteiger partial charge < -0.3 is 5.73 Å². The van der Waals surface area contributed by atoms with Crippen LogP contribution < -0.4 is 5.73 Å². The second kappa shape index (κ2) is 3.94. The van der Waals surface area contributed by atoms with Crippen LogP contribution >= 0.6 is 0 Å². The number of nitrogens with zero attached hydrogens (tertiary/aromatic N) is 1. The maximum Gasteiger partial charge on any atom is 0.152 e. The van der Waals surface area contributed by atoms with E-state index in [4.69, 9.17) is 16.4 Å². The summed E-state index contributed by atoms with van der Waals surface area (Å²) in [6.07, 6.45) is 0. The van der Waals surface area contributed by atoms with Crippen LogP contribution in [0.25, 0.3) is 0 Å². The minimum absolute atomic E-state index is 0.0390. The minimum Gasteiger partial charge on any atom is -0.384 e. The van der Waals surface area contributed by atoms with Crippen molar-refractivity contribution in [3.63, 3.8) is 0 Å². The Kier molecular flexibility index (Phi) is 2.68. The summed E-state index contributed by atoms with van der Waals surface area (Å²) in [6, 6.07) is 8.69. The molecular formula is C10H7N3. The van der Waals surface area contributed by atoms with E-state index >= 15 is 0 Å². The molecule has 1 aromatic rings. The number of nitrogens with two attached hydrogens (primary N) is 1. The van der Waals surface area contributed by atoms with Gasteiger partial charge in [0.15, 0.2) is 6.07 Å². The van der Waals surface area contributed by atoms with Crippen LogP contribution in [0.5, 0.6) is 0 Å². The number of nitriles is 1. The average molecular weight is 169 g/mol. The fourth-order valence-corrected chi connectivity index (χ4v) is 0.922. The van der Waals surface area contributed by atoms with E-state index in [1.807, 2.05) is 0 Å². The summed E-state index contributed by atoms with van der Waals surface area (Å²) < 4.78 is 0. The maximum absolute atomic E-state index is 8.25. The van der Waals surface area contributed by atoms with Crippen LogP contribution in [0.1, 0.15) is 11.1 Å². The van der Waals surface area contributed by atoms with Gasteiger partial charge in [0.05, 0.1) is 0 Å². The Hall–Kier alpha value is -2.26. The first-order chi connectivity index (χ1) is 6.25. The lowest BCUT2D eigenvalue weighted by molar-refractivity contribution is 1.41. The number of nitrogens with one attached hydrogen (secondary N) is 1. The van der Waals surface area contributed by atoms with E-state index in [1.165, 1.54) is 0 Å². The Morgan fingerprint density at radius 1 is 1.38 bits per heavy atom. The number of hydrogen-bond acceptors (Lipinski definition) is 2. The summed E-state index contributed by atoms with van der Waals surface area (Å²) in [4.78, 5) is 0. The van der Waals surface area contributed by atoms with Gasteiger partial charge in [-0.25, -0.2) is 0 Å². The Labute approximate surface area is 76.3 Å². The zero-order chi connectivity index (χ0) is 9.68. The van der Waals surface area contributed by atoms with Crippen LogP contribution in [0.15, 0.2) is 24.3 Å². The molecule has 13 heavy (non-hydrogen) atoms. The molecule has 0 atom stereocenters. The third-order valence-corrected chi connectivity index (χ3v) is 1.47. The Morgan fingerprint density at radius 3 is 2.69 bits per heavy atom. The second-order valence-electron chi connectivity index (χ2n) is 2.32. The predicted octanol–water partition coefficient (Wildman–Crippen LogP) is 0.846. The van der Waals surface area contributed by atoms with Gasteiger partial charge in [-0.1, -0.05) is 18.2 Å². The highest BCUT2D eigenvalue weighted by molar-refractivity contribution is 5.97. The number of benzene rings is 1. The quantitative estimate of drug-likeness (QED) is 0.371. The number of amidine groups is 1. The molecule has 0 aliphatic heterocycles. The van der Waals surface area contributed by atoms with E-state index in [0.29, 0.717) is 11.1 Å². The van der Waals surface area contributed by atoms with Gasteiger partial charge in [0.2, 0.25) is 0 Å². The third-order valence-electron chi connectivity index (χ3n) is 1.47. The van der Waals surface area contributed by atoms with Crippen molar-refractivity contribution in [3.8, 4) is 17.9 Å². The van der Waals surface area contributed by atoms with E-state index in [-0.39, 0.29) is 5.84 Å². The highest BCUT2D eigenvalue weighted by Crippen LogP contribution is 2.05. The SMILES string of the molecule is N#CC#Cc1ccccc1C(=N)N. The normalized spacial score (nSPS) is 7.92. The molecule has 1 aromatic carbocycles. The lowest BCUT2D eigenvalue weighted by atomic mass is 10.1. The van der Waals surface area contributed by atoms with E-state index in [0.717, 1.165) is 0 Å². The van der Waals surface area contributed by atoms with Gasteiger partial charge in [0, 0.05) is 17.0 Å². The number of nitrogen functional groups attached to an aromatic ring is 1. The summed E-state index contributed by atoms with van der Waals surface area (Å²) in [5.41, 5.74) is 6.49. The molecule has 0 heterocycles. The summed E-state index contributed by atoms with van der Waals surface area (Å²) in [5, 5.41) is 15.5. The highest BCUT2D eigenvalue weighted by Gasteiger charge is 2.00. The molecule has 0 aromatic heterocycles. The third kappa shape index (κ3) is 2.08. The van der Waals surface area contributed by atoms with Gasteiger partial charge in [-0.2, -0.15) is 5.26 Å². The molecule has 0 unspecified atom stereocenters. The largest absolute Gasteiger partial charge is 0.384 e. The van der Waals surface area contributed by atoms with Crippen LogP contribution in [0, 0.1) is 28.6 Å². The van der Waals surface area contributed by atoms with Gasteiger partial charge in [0.1, 0.15) is 5.84 Å². The van der Waals surface area contributed by atoms with E-state index in [2.05, 4.69) is 11.8 Å². The molecule has 0 bridgehead atoms. The molecule has 3 nitrogen and oxygen atoms in total. The van der Waals surface area contributed by atoms with Crippen LogP contribution in [-0.4, -0.2) is 5.84 Å². The average Bonchev–Trinajstić information content (AvgIpc) is 2.15. The first-order valence-electron chi connectivity index (χ1n) is 3.59. The molecule has 0 spiro atoms. The standard InChI is InChI=1S/C10H7N3/c11-7-3-5-8-4-1-2-6-9(8)10(12)13/h1-2,4,6H,(H3,12,13). The molecule has 0 saturated heterocycles. The molecule has 0 saturated carbocycles. The first-order valence-corrected chi connectivity index (χ1v) is 3.59. The zero-order valence-corrected chi connectivity index (χ0v) is 6.83. The Balaban J connectivity index is 3.22. The molecule has 0 radical (unpaired) electrons. The summed E-state index contributed by atoms with van der Waals surface area (Å²) >= 11 is 0. The van der Waals surface area contributed by atoms with Crippen molar-refractivity contribution >= 4 is 5.84 Å². The lowest BCUT2D eigenvalue weighted by Crippen LogP contribution is -2.12. The molecular weight excluding hydrogens is 162 g/mol. The van der Waals surface area contributed by atoms with Gasteiger partial charge in [-0.15, -0.1) is 0 Å². The van der Waals surface area contributed by atoms with Crippen molar-refractivity contribution in [1.82, 2.24) is 0 Å². The molecule has 1 rings (SSSR count). The van der Waals surface area contributed by atoms with Crippen LogP contribution in [0.4, 0.5) is 0 Å². The topological polar surface area (TPSA) is 73.7 Å². The van der Waals surface area contributed by atoms with E-state index < -0.39 is 0 Å². The van der Waals surface area contributed by atoms with Crippen LogP contribution in [0.3, 0.4) is 0 Å². The fourth-order valence-electron chi connectivity index (χ4n) is 0.922. The molecule has 0 aliphatic rings. The van der Waals surface area contributed by atoms with Crippen molar-refractivity contribution < 1.29 is 0 Å². The van der Waals surface area contributed by atoms with Crippen molar-refractivity contribution in [2.75, 3.05) is 0 Å². The van der Waals surface area contributed by atoms with Gasteiger partial charge >= 0.3 is 0 Å². The Bertz CT molecular complexity index is 429. The molecule has 3 N–H and O–H groups in total. The monoisotopic (exact) mass is 169 g/mol. The fraction of sp³-hybridized carbons (Fsp3) is 0. The summed E-state index contributed by atoms with van der Waals surface area (Å²) in [7, 11) is 0. The predicted molar refractivity (Wildman–Crippen MR) is 49.9 cm³/mol. The summed E-state index contributed by atoms with van der Waals surface area (Å²) in [5.74, 6) is 4.84. The second-order valence-corrected chi connectivity index (χ2v) is 2.32. The van der Waals surface area contributed by atoms with Crippen molar-refractivity contribution in [2.24, 2.45) is 5.73 Å². The number of rotatable bonds is 1. The minimum atomic E-state index is -0.0390. The van der Waals surface area contributed by atoms with Gasteiger partial charge in [0.25, 0.3) is 0 Å². The smallest absolute Gasteiger partial charge is 0.152 e. The van der Waals surface area contributed by atoms with E-state index in [1.54, 1.807) is 30.3 Å². The Morgan fingerprint density at radius 2 is 2.08 bits per heavy atom. The number of hydrogen-bond donors (Lipinski definition) is 2. The van der Waals surface area contributed by atoms with Crippen molar-refractivity contribution in [1.29, 1.82) is 10.7 Å². The first kappa shape index (κ1) is 8.83. The van der Waals surface area contributed by atoms with Crippen molar-refractivity contribution in [3.05, 3.63) is 35.4 Å². The molecule has 0 fully saturated rings. The molecule has 3 heteroatoms. The van der Waals surface area contributed by atoms with E-state index in [9.17, 15) is 0 Å². The highest BCUT2D eigenvalue weighted by atomic mass is 14.7. The zero-order valence-electron chi connectivity index (χ0n) is 6.83. The van der Waals surface area contributed by atoms with Crippen LogP contribution in [0.2, 0.25) is 0 Å². The molecule has 0 amide bonds. The molecule has 62 valence electrons. The maximum atomic E-state index is 8.25. The van der Waals surface area contributed by atoms with Crippen molar-refractivity contribution in [2.45, 2.75) is 0 Å². The lowest BCUT2D eigenvalue weighted by Gasteiger charge is -1.99. The van der Waals surface area contributed by atoms with Gasteiger partial charge in [-0.3, -0.25) is 5.41 Å². The van der Waals surface area contributed by atoms with Crippen LogP contribution in [-0.2, 0) is 0 Å². The van der Waals surface area contributed by atoms with Gasteiger partial charge in [-0.05, 0) is 12.0 Å².